The number of benzene rings is 2. The van der Waals surface area contributed by atoms with Gasteiger partial charge in [-0.25, -0.2) is 17.9 Å². The van der Waals surface area contributed by atoms with E-state index in [0.29, 0.717) is 5.66 Å². The van der Waals surface area contributed by atoms with Gasteiger partial charge in [0, 0.05) is 0 Å². The zero-order valence-corrected chi connectivity index (χ0v) is 32.2. The summed E-state index contributed by atoms with van der Waals surface area (Å²) in [5, 5.41) is 4.33. The van der Waals surface area contributed by atoms with Crippen LogP contribution < -0.4 is 25.4 Å². The predicted octanol–water partition coefficient (Wildman–Crippen LogP) is 10.0. The normalized spacial score (nSPS) is 16.7. The molecule has 0 bridgehead atoms. The van der Waals surface area contributed by atoms with Gasteiger partial charge in [0.25, 0.3) is 0 Å². The van der Waals surface area contributed by atoms with Crippen LogP contribution in [0.3, 0.4) is 0 Å². The van der Waals surface area contributed by atoms with E-state index in [1.807, 2.05) is 0 Å². The second kappa shape index (κ2) is 18.0. The van der Waals surface area contributed by atoms with Crippen LogP contribution >= 0.6 is 15.8 Å². The molecule has 0 amide bonds. The van der Waals surface area contributed by atoms with Crippen molar-refractivity contribution >= 4 is 31.8 Å². The number of hydrogen-bond donors (Lipinski definition) is 0. The van der Waals surface area contributed by atoms with Crippen LogP contribution in [0.1, 0.15) is 105 Å². The monoisotopic (exact) mass is 704 g/mol. The van der Waals surface area contributed by atoms with Gasteiger partial charge in [-0.1, -0.05) is 61.3 Å². The van der Waals surface area contributed by atoms with Gasteiger partial charge >= 0.3 is 17.1 Å². The summed E-state index contributed by atoms with van der Waals surface area (Å²) in [4.78, 5) is 0. The van der Waals surface area contributed by atoms with Gasteiger partial charge in [0.15, 0.2) is 0 Å². The largest absolute Gasteiger partial charge is 2.00 e. The van der Waals surface area contributed by atoms with Crippen LogP contribution in [-0.2, 0) is 17.1 Å². The predicted molar refractivity (Wildman–Crippen MR) is 198 cm³/mol. The zero-order chi connectivity index (χ0) is 32.6. The minimum atomic E-state index is -0.753. The fraction of sp³-hybridized carbons (Fsp3) is 0.476. The molecule has 0 N–H and O–H groups in total. The maximum absolute atomic E-state index is 5.79. The molecule has 248 valence electrons. The van der Waals surface area contributed by atoms with Gasteiger partial charge in [0.05, 0.1) is 14.2 Å². The SMILES string of the molecule is COc1c(C)cc(P(c2cc(C)c(OC)c(C)c2)[c-]2cc[c]c2[C@H](C)P(C2CCCCC2)C2CCCCC2)cc1C.[C]1=C=C=C=[C-]1.[Fe+2]. The number of hydrogen-bond acceptors (Lipinski definition) is 2. The van der Waals surface area contributed by atoms with E-state index in [0.717, 1.165) is 22.8 Å². The van der Waals surface area contributed by atoms with Crippen LogP contribution in [0.15, 0.2) is 53.6 Å². The van der Waals surface area contributed by atoms with Gasteiger partial charge in [-0.15, -0.1) is 17.5 Å². The molecule has 2 saturated carbocycles. The molecule has 2 radical (unpaired) electrons. The Kier molecular flexibility index (Phi) is 14.4. The molecule has 2 nitrogen and oxygen atoms in total. The van der Waals surface area contributed by atoms with Crippen molar-refractivity contribution in [2.75, 3.05) is 14.2 Å². The van der Waals surface area contributed by atoms with Crippen LogP contribution in [0, 0.1) is 45.9 Å². The molecule has 3 aliphatic rings. The summed E-state index contributed by atoms with van der Waals surface area (Å²) >= 11 is 0. The maximum Gasteiger partial charge on any atom is 2.00 e. The fourth-order valence-electron chi connectivity index (χ4n) is 8.08. The Labute approximate surface area is 298 Å². The molecule has 0 heterocycles. The van der Waals surface area contributed by atoms with Crippen LogP contribution in [0.2, 0.25) is 0 Å². The van der Waals surface area contributed by atoms with Gasteiger partial charge in [-0.3, -0.25) is 11.5 Å². The molecule has 1 atom stereocenters. The zero-order valence-electron chi connectivity index (χ0n) is 29.3. The van der Waals surface area contributed by atoms with Gasteiger partial charge in [0.2, 0.25) is 0 Å². The van der Waals surface area contributed by atoms with E-state index < -0.39 is 7.92 Å². The van der Waals surface area contributed by atoms with Crippen molar-refractivity contribution in [2.24, 2.45) is 0 Å². The van der Waals surface area contributed by atoms with E-state index >= 15 is 0 Å². The van der Waals surface area contributed by atoms with Crippen molar-refractivity contribution in [3.63, 3.8) is 0 Å². The Morgan fingerprint density at radius 3 is 1.57 bits per heavy atom. The van der Waals surface area contributed by atoms with Crippen molar-refractivity contribution < 1.29 is 26.5 Å². The van der Waals surface area contributed by atoms with E-state index in [2.05, 4.69) is 106 Å². The molecule has 0 spiro atoms. The Bertz CT molecular complexity index is 1480. The van der Waals surface area contributed by atoms with E-state index in [4.69, 9.17) is 9.47 Å². The van der Waals surface area contributed by atoms with Crippen LogP contribution in [0.4, 0.5) is 0 Å². The summed E-state index contributed by atoms with van der Waals surface area (Å²) in [6.07, 6.45) is 19.4. The molecule has 0 saturated heterocycles. The number of ether oxygens (including phenoxy) is 2. The molecule has 0 aromatic heterocycles. The molecule has 47 heavy (non-hydrogen) atoms. The van der Waals surface area contributed by atoms with E-state index in [1.165, 1.54) is 108 Å². The molecule has 3 aromatic carbocycles. The quantitative estimate of drug-likeness (QED) is 0.0956. The summed E-state index contributed by atoms with van der Waals surface area (Å²) in [5.41, 5.74) is 16.3. The molecule has 6 rings (SSSR count). The first-order valence-corrected chi connectivity index (χ1v) is 20.0. The molecule has 0 aliphatic heterocycles. The first-order valence-electron chi connectivity index (χ1n) is 17.1. The summed E-state index contributed by atoms with van der Waals surface area (Å²) < 4.78 is 11.6. The van der Waals surface area contributed by atoms with Crippen LogP contribution in [0.25, 0.3) is 0 Å². The molecular weight excluding hydrogens is 654 g/mol. The molecule has 3 aromatic rings. The first-order chi connectivity index (χ1) is 22.3. The van der Waals surface area contributed by atoms with Gasteiger partial charge < -0.3 is 9.47 Å². The maximum atomic E-state index is 5.79. The molecule has 2 fully saturated rings. The fourth-order valence-corrected chi connectivity index (χ4v) is 15.3. The van der Waals surface area contributed by atoms with Crippen LogP contribution in [-0.4, -0.2) is 25.5 Å². The summed E-state index contributed by atoms with van der Waals surface area (Å²) in [6.45, 7) is 11.4. The van der Waals surface area contributed by atoms with E-state index in [1.54, 1.807) is 14.2 Å². The van der Waals surface area contributed by atoms with Crippen molar-refractivity contribution in [3.8, 4) is 11.5 Å². The Hall–Kier alpha value is -2.15. The van der Waals surface area contributed by atoms with Crippen LogP contribution in [0.5, 0.6) is 11.5 Å². The first kappa shape index (κ1) is 37.7. The third-order valence-electron chi connectivity index (χ3n) is 9.98. The van der Waals surface area contributed by atoms with Gasteiger partial charge in [0.1, 0.15) is 11.5 Å². The van der Waals surface area contributed by atoms with E-state index in [-0.39, 0.29) is 25.0 Å². The van der Waals surface area contributed by atoms with E-state index in [9.17, 15) is 0 Å². The summed E-state index contributed by atoms with van der Waals surface area (Å²) in [7, 11) is 2.74. The average molecular weight is 705 g/mol. The smallest absolute Gasteiger partial charge is 0.496 e. The van der Waals surface area contributed by atoms with Crippen molar-refractivity contribution in [1.82, 2.24) is 0 Å². The minimum absolute atomic E-state index is 0. The summed E-state index contributed by atoms with van der Waals surface area (Å²) in [6, 6.07) is 18.1. The average Bonchev–Trinajstić information content (AvgIpc) is 3.79. The Morgan fingerprint density at radius 1 is 0.745 bits per heavy atom. The van der Waals surface area contributed by atoms with Gasteiger partial charge in [-0.2, -0.15) is 11.6 Å². The van der Waals surface area contributed by atoms with Crippen molar-refractivity contribution in [1.29, 1.82) is 0 Å². The Balaban J connectivity index is 0.000000762. The molecule has 0 unspecified atom stereocenters. The number of aryl methyl sites for hydroxylation is 4. The second-order valence-electron chi connectivity index (χ2n) is 13.2. The third-order valence-corrected chi connectivity index (χ3v) is 16.3. The molecule has 5 heteroatoms. The Morgan fingerprint density at radius 2 is 1.21 bits per heavy atom. The van der Waals surface area contributed by atoms with Crippen molar-refractivity contribution in [3.05, 3.63) is 99.6 Å². The standard InChI is InChI=1S/C37H50O2P2.C5.Fe/c1-25-21-32(22-26(2)36(25)38-6)41(33-23-27(3)37(39-7)28(4)24-33)35-20-14-19-34(35)29(5)40(30-15-10-8-11-16-30)31-17-12-9-13-18-31;1-2-4-5-3-1;/h14,20-24,29-31H,8-13,15-18H2,1-7H3;;/q2*-1;+2/t29-;;/m0../s1. The molecule has 3 aliphatic carbocycles. The third kappa shape index (κ3) is 8.91. The number of methoxy groups -OCH3 is 2. The topological polar surface area (TPSA) is 18.5 Å². The molecular formula is C42H50FeO2P2. The summed E-state index contributed by atoms with van der Waals surface area (Å²) in [5.74, 6) is 2.01. The number of rotatable bonds is 9. The van der Waals surface area contributed by atoms with Gasteiger partial charge in [-0.05, 0) is 127 Å². The number of allylic oxidation sites excluding steroid dienone is 2. The van der Waals surface area contributed by atoms with Crippen molar-refractivity contribution in [2.45, 2.75) is 116 Å². The minimum Gasteiger partial charge on any atom is -0.496 e. The second-order valence-corrected chi connectivity index (χ2v) is 18.5.